The predicted molar refractivity (Wildman–Crippen MR) is 298 cm³/mol. The molecule has 0 fully saturated rings. The molecule has 0 amide bonds. The van der Waals surface area contributed by atoms with Crippen LogP contribution >= 0.6 is 0 Å². The van der Waals surface area contributed by atoms with E-state index in [4.69, 9.17) is 24.0 Å². The van der Waals surface area contributed by atoms with Gasteiger partial charge in [0.25, 0.3) is 0 Å². The van der Waals surface area contributed by atoms with E-state index in [1.54, 1.807) is 12.1 Å². The second kappa shape index (κ2) is 53.8. The molecule has 1 aromatic carbocycles. The quantitative estimate of drug-likeness (QED) is 0.0368. The van der Waals surface area contributed by atoms with Crippen molar-refractivity contribution in [1.82, 2.24) is 0 Å². The van der Waals surface area contributed by atoms with Gasteiger partial charge in [-0.05, 0) is 38.3 Å². The third-order valence-corrected chi connectivity index (χ3v) is 14.2. The van der Waals surface area contributed by atoms with Crippen LogP contribution in [-0.4, -0.2) is 32.4 Å². The molecule has 0 unspecified atom stereocenters. The Morgan fingerprint density at radius 1 is 0.333 bits per heavy atom. The summed E-state index contributed by atoms with van der Waals surface area (Å²) < 4.78 is 19.4. The van der Waals surface area contributed by atoms with E-state index in [1.807, 2.05) is 0 Å². The Bertz CT molecular complexity index is 1130. The van der Waals surface area contributed by atoms with Gasteiger partial charge < -0.3 is 14.2 Å². The molecule has 1 rings (SSSR count). The highest BCUT2D eigenvalue weighted by Gasteiger charge is 2.21. The van der Waals surface area contributed by atoms with Gasteiger partial charge in [0, 0.05) is 0 Å². The molecule has 0 aromatic heterocycles. The van der Waals surface area contributed by atoms with E-state index in [9.17, 15) is 4.79 Å². The number of benzene rings is 1. The number of carbonyl (C=O) groups excluding carboxylic acids is 1. The molecule has 1 radical (unpaired) electrons. The Hall–Kier alpha value is -1.95. The van der Waals surface area contributed by atoms with E-state index in [0.717, 1.165) is 38.5 Å². The summed E-state index contributed by atoms with van der Waals surface area (Å²) >= 11 is 0. The normalized spacial score (nSPS) is 11.4. The maximum atomic E-state index is 13.1. The number of rotatable bonds is 57. The average molecular weight is 971 g/mol. The van der Waals surface area contributed by atoms with Crippen LogP contribution in [0.4, 0.5) is 0 Å². The summed E-state index contributed by atoms with van der Waals surface area (Å²) in [6.07, 6.45) is 64.1. The molecular formula is C63H117O6. The average Bonchev–Trinajstić information content (AvgIpc) is 3.36. The van der Waals surface area contributed by atoms with Gasteiger partial charge in [0.15, 0.2) is 11.5 Å². The molecule has 0 aliphatic rings. The van der Waals surface area contributed by atoms with E-state index in [1.165, 1.54) is 270 Å². The lowest BCUT2D eigenvalue weighted by Crippen LogP contribution is -2.10. The zero-order chi connectivity index (χ0) is 49.6. The molecular weight excluding hydrogens is 853 g/mol. The van der Waals surface area contributed by atoms with Crippen molar-refractivity contribution in [1.29, 1.82) is 0 Å². The van der Waals surface area contributed by atoms with Crippen LogP contribution in [0.25, 0.3) is 0 Å². The van der Waals surface area contributed by atoms with Crippen molar-refractivity contribution in [2.75, 3.05) is 26.4 Å². The van der Waals surface area contributed by atoms with Crippen molar-refractivity contribution in [2.45, 2.75) is 329 Å². The van der Waals surface area contributed by atoms with Crippen molar-refractivity contribution in [3.8, 4) is 17.2 Å². The third-order valence-electron chi connectivity index (χ3n) is 14.2. The SMILES string of the molecule is [CH2]COOC(=O)c1cc(OCCCCCCCCCCCCCCCCCC)c(OCCCCCCCCCCCCCCCCCC)c(OCCCCCCCCCCCCCCCCCC)c1. The lowest BCUT2D eigenvalue weighted by Gasteiger charge is -2.18. The minimum absolute atomic E-state index is 0.0392. The van der Waals surface area contributed by atoms with Gasteiger partial charge in [-0.1, -0.05) is 310 Å². The van der Waals surface area contributed by atoms with E-state index in [-0.39, 0.29) is 6.61 Å². The molecule has 0 heterocycles. The zero-order valence-electron chi connectivity index (χ0n) is 46.6. The second-order valence-corrected chi connectivity index (χ2v) is 20.9. The van der Waals surface area contributed by atoms with Crippen LogP contribution in [0.5, 0.6) is 17.2 Å². The van der Waals surface area contributed by atoms with E-state index >= 15 is 0 Å². The largest absolute Gasteiger partial charge is 0.490 e. The number of hydrogen-bond acceptors (Lipinski definition) is 6. The third kappa shape index (κ3) is 43.4. The van der Waals surface area contributed by atoms with Gasteiger partial charge >= 0.3 is 5.97 Å². The molecule has 405 valence electrons. The van der Waals surface area contributed by atoms with Gasteiger partial charge in [-0.15, -0.1) is 0 Å². The Labute approximate surface area is 430 Å². The predicted octanol–water partition coefficient (Wildman–Crippen LogP) is 21.5. The van der Waals surface area contributed by atoms with Crippen LogP contribution in [0.2, 0.25) is 0 Å². The minimum atomic E-state index is -0.581. The molecule has 0 saturated carbocycles. The summed E-state index contributed by atoms with van der Waals surface area (Å²) in [5.74, 6) is 1.14. The number of ether oxygens (including phenoxy) is 3. The van der Waals surface area contributed by atoms with Gasteiger partial charge in [0.05, 0.1) is 32.0 Å². The summed E-state index contributed by atoms with van der Waals surface area (Å²) in [4.78, 5) is 23.1. The fourth-order valence-corrected chi connectivity index (χ4v) is 9.68. The first-order valence-corrected chi connectivity index (χ1v) is 30.9. The molecule has 6 heteroatoms. The highest BCUT2D eigenvalue weighted by atomic mass is 17.2. The Morgan fingerprint density at radius 3 is 0.783 bits per heavy atom. The molecule has 0 N–H and O–H groups in total. The van der Waals surface area contributed by atoms with Crippen molar-refractivity contribution < 1.29 is 28.8 Å². The molecule has 0 saturated heterocycles. The topological polar surface area (TPSA) is 63.2 Å². The number of unbranched alkanes of at least 4 members (excludes halogenated alkanes) is 45. The summed E-state index contributed by atoms with van der Waals surface area (Å²) in [5.41, 5.74) is 0.335. The zero-order valence-corrected chi connectivity index (χ0v) is 46.6. The van der Waals surface area contributed by atoms with E-state index in [2.05, 4.69) is 27.7 Å². The van der Waals surface area contributed by atoms with Crippen LogP contribution in [0.1, 0.15) is 339 Å². The summed E-state index contributed by atoms with van der Waals surface area (Å²) in [7, 11) is 0. The molecule has 6 nitrogen and oxygen atoms in total. The molecule has 1 aromatic rings. The van der Waals surface area contributed by atoms with Crippen molar-refractivity contribution >= 4 is 5.97 Å². The van der Waals surface area contributed by atoms with E-state index < -0.39 is 5.97 Å². The highest BCUT2D eigenvalue weighted by molar-refractivity contribution is 5.90. The second-order valence-electron chi connectivity index (χ2n) is 20.9. The van der Waals surface area contributed by atoms with Crippen LogP contribution in [0.15, 0.2) is 12.1 Å². The highest BCUT2D eigenvalue weighted by Crippen LogP contribution is 2.40. The molecule has 0 aliphatic carbocycles. The van der Waals surface area contributed by atoms with Crippen molar-refractivity contribution in [2.24, 2.45) is 0 Å². The van der Waals surface area contributed by atoms with Crippen LogP contribution in [0, 0.1) is 6.92 Å². The maximum Gasteiger partial charge on any atom is 0.373 e. The summed E-state index contributed by atoms with van der Waals surface area (Å²) in [5, 5.41) is 0. The molecule has 69 heavy (non-hydrogen) atoms. The Kier molecular flexibility index (Phi) is 50.8. The fraction of sp³-hybridized carbons (Fsp3) is 0.873. The fourth-order valence-electron chi connectivity index (χ4n) is 9.68. The molecule has 0 spiro atoms. The van der Waals surface area contributed by atoms with Crippen LogP contribution in [0.3, 0.4) is 0 Å². The van der Waals surface area contributed by atoms with Crippen molar-refractivity contribution in [3.05, 3.63) is 24.6 Å². The first-order valence-electron chi connectivity index (χ1n) is 30.9. The Morgan fingerprint density at radius 2 is 0.551 bits per heavy atom. The smallest absolute Gasteiger partial charge is 0.373 e. The van der Waals surface area contributed by atoms with Crippen molar-refractivity contribution in [3.63, 3.8) is 0 Å². The van der Waals surface area contributed by atoms with Crippen LogP contribution in [-0.2, 0) is 9.78 Å². The first-order chi connectivity index (χ1) is 34.2. The maximum absolute atomic E-state index is 13.1. The van der Waals surface area contributed by atoms with Gasteiger partial charge in [0.2, 0.25) is 5.75 Å². The molecule has 0 atom stereocenters. The number of hydrogen-bond donors (Lipinski definition) is 0. The van der Waals surface area contributed by atoms with Crippen LogP contribution < -0.4 is 14.2 Å². The van der Waals surface area contributed by atoms with Gasteiger partial charge in [-0.25, -0.2) is 4.79 Å². The lowest BCUT2D eigenvalue weighted by molar-refractivity contribution is -0.232. The lowest BCUT2D eigenvalue weighted by atomic mass is 10.0. The van der Waals surface area contributed by atoms with Gasteiger partial charge in [-0.2, -0.15) is 4.89 Å². The Balaban J connectivity index is 2.59. The standard InChI is InChI=1S/C63H117O6/c1-5-9-12-15-18-21-24-27-30-33-36-39-42-45-48-51-54-65-60-57-59(63(64)69-68-8-4)58-61(66-55-52-49-46-43-40-37-34-31-28-25-22-19-16-13-10-6-2)62(60)67-56-53-50-47-44-41-38-35-32-29-26-23-20-17-14-11-7-3/h57-58H,4-56H2,1-3H3. The van der Waals surface area contributed by atoms with E-state index in [0.29, 0.717) is 42.6 Å². The minimum Gasteiger partial charge on any atom is -0.490 e. The molecule has 0 aliphatic heterocycles. The first kappa shape index (κ1) is 65.1. The van der Waals surface area contributed by atoms with Gasteiger partial charge in [-0.3, -0.25) is 4.89 Å². The molecule has 0 bridgehead atoms. The summed E-state index contributed by atoms with van der Waals surface area (Å²) in [6, 6.07) is 3.48. The van der Waals surface area contributed by atoms with Gasteiger partial charge in [0.1, 0.15) is 0 Å². The summed E-state index contributed by atoms with van der Waals surface area (Å²) in [6.45, 7) is 12.3. The number of carbonyl (C=O) groups is 1. The monoisotopic (exact) mass is 970 g/mol.